The number of thiazole rings is 1. The molecular weight excluding hydrogens is 284 g/mol. The van der Waals surface area contributed by atoms with Gasteiger partial charge in [0.1, 0.15) is 4.90 Å². The van der Waals surface area contributed by atoms with Crippen molar-refractivity contribution in [3.05, 3.63) is 34.3 Å². The minimum absolute atomic E-state index is 0.00320. The van der Waals surface area contributed by atoms with Crippen LogP contribution in [0.1, 0.15) is 5.69 Å². The lowest BCUT2D eigenvalue weighted by molar-refractivity contribution is 0.579. The van der Waals surface area contributed by atoms with Crippen molar-refractivity contribution in [1.29, 1.82) is 0 Å². The maximum absolute atomic E-state index is 11.8. The number of rotatable bonds is 4. The highest BCUT2D eigenvalue weighted by Crippen LogP contribution is 2.08. The number of nitrogens with one attached hydrogen (secondary N) is 1. The van der Waals surface area contributed by atoms with Gasteiger partial charge < -0.3 is 0 Å². The van der Waals surface area contributed by atoms with Gasteiger partial charge in [-0.2, -0.15) is 0 Å². The Morgan fingerprint density at radius 2 is 2.00 bits per heavy atom. The molecule has 2 aromatic heterocycles. The van der Waals surface area contributed by atoms with Gasteiger partial charge in [-0.25, -0.2) is 28.1 Å². The predicted octanol–water partition coefficient (Wildman–Crippen LogP) is 1.06. The first kappa shape index (κ1) is 12.4. The quantitative estimate of drug-likeness (QED) is 0.851. The molecule has 0 spiro atoms. The maximum atomic E-state index is 11.8. The maximum Gasteiger partial charge on any atom is 0.243 e. The molecule has 6 nitrogen and oxygen atoms in total. The molecule has 2 rings (SSSR count). The van der Waals surface area contributed by atoms with Crippen LogP contribution in [0.4, 0.5) is 0 Å². The second kappa shape index (κ2) is 5.05. The Hall–Kier alpha value is -1.09. The van der Waals surface area contributed by atoms with Crippen LogP contribution in [0.15, 0.2) is 28.2 Å². The van der Waals surface area contributed by atoms with Crippen LogP contribution in [-0.4, -0.2) is 23.4 Å². The first-order chi connectivity index (χ1) is 8.08. The first-order valence-corrected chi connectivity index (χ1v) is 7.22. The highest BCUT2D eigenvalue weighted by Gasteiger charge is 2.15. The van der Waals surface area contributed by atoms with E-state index < -0.39 is 10.0 Å². The molecule has 0 radical (unpaired) electrons. The third-order valence-electron chi connectivity index (χ3n) is 1.83. The van der Waals surface area contributed by atoms with Crippen LogP contribution >= 0.6 is 22.9 Å². The average Bonchev–Trinajstić information content (AvgIpc) is 2.80. The molecule has 0 saturated heterocycles. The van der Waals surface area contributed by atoms with Gasteiger partial charge >= 0.3 is 0 Å². The van der Waals surface area contributed by atoms with E-state index >= 15 is 0 Å². The van der Waals surface area contributed by atoms with Gasteiger partial charge in [-0.3, -0.25) is 0 Å². The van der Waals surface area contributed by atoms with E-state index in [0.717, 1.165) is 12.4 Å². The summed E-state index contributed by atoms with van der Waals surface area (Å²) in [4.78, 5) is 11.2. The summed E-state index contributed by atoms with van der Waals surface area (Å²) >= 11 is 6.87. The van der Waals surface area contributed by atoms with Crippen LogP contribution in [-0.2, 0) is 16.6 Å². The van der Waals surface area contributed by atoms with Crippen LogP contribution in [0.25, 0.3) is 0 Å². The molecule has 9 heteroatoms. The normalized spacial score (nSPS) is 11.6. The molecule has 0 atom stereocenters. The fraction of sp³-hybridized carbons (Fsp3) is 0.125. The van der Waals surface area contributed by atoms with Crippen LogP contribution in [0.2, 0.25) is 5.28 Å². The second-order valence-corrected chi connectivity index (χ2v) is 5.82. The van der Waals surface area contributed by atoms with Crippen molar-refractivity contribution < 1.29 is 8.42 Å². The summed E-state index contributed by atoms with van der Waals surface area (Å²) in [6.07, 6.45) is 2.30. The number of nitrogens with zero attached hydrogens (tertiary/aromatic N) is 3. The molecule has 0 aliphatic carbocycles. The van der Waals surface area contributed by atoms with Gasteiger partial charge in [0.05, 0.1) is 30.1 Å². The molecule has 0 unspecified atom stereocenters. The number of hydrogen-bond acceptors (Lipinski definition) is 6. The molecular formula is C8H7ClN4O2S2. The molecule has 2 heterocycles. The van der Waals surface area contributed by atoms with Crippen LogP contribution in [0.5, 0.6) is 0 Å². The van der Waals surface area contributed by atoms with Gasteiger partial charge in [0.15, 0.2) is 0 Å². The molecule has 0 fully saturated rings. The molecule has 0 aliphatic rings. The van der Waals surface area contributed by atoms with Gasteiger partial charge in [0.2, 0.25) is 15.3 Å². The minimum atomic E-state index is -3.62. The zero-order chi connectivity index (χ0) is 12.3. The summed E-state index contributed by atoms with van der Waals surface area (Å²) in [5, 5.41) is 1.77. The van der Waals surface area contributed by atoms with E-state index in [4.69, 9.17) is 11.6 Å². The zero-order valence-corrected chi connectivity index (χ0v) is 10.8. The van der Waals surface area contributed by atoms with E-state index in [0.29, 0.717) is 5.69 Å². The van der Waals surface area contributed by atoms with Gasteiger partial charge in [-0.1, -0.05) is 0 Å². The van der Waals surface area contributed by atoms with Gasteiger partial charge in [-0.05, 0) is 11.6 Å². The van der Waals surface area contributed by atoms with Crippen molar-refractivity contribution in [2.45, 2.75) is 11.4 Å². The van der Waals surface area contributed by atoms with E-state index in [1.165, 1.54) is 11.3 Å². The third kappa shape index (κ3) is 3.19. The van der Waals surface area contributed by atoms with Crippen molar-refractivity contribution in [2.75, 3.05) is 0 Å². The van der Waals surface area contributed by atoms with Crippen LogP contribution in [0, 0.1) is 0 Å². The number of halogens is 1. The largest absolute Gasteiger partial charge is 0.248 e. The van der Waals surface area contributed by atoms with Crippen molar-refractivity contribution in [3.8, 4) is 0 Å². The Morgan fingerprint density at radius 3 is 2.59 bits per heavy atom. The first-order valence-electron chi connectivity index (χ1n) is 4.42. The molecule has 17 heavy (non-hydrogen) atoms. The Balaban J connectivity index is 2.11. The summed E-state index contributed by atoms with van der Waals surface area (Å²) in [7, 11) is -3.62. The zero-order valence-electron chi connectivity index (χ0n) is 8.37. The lowest BCUT2D eigenvalue weighted by atomic mass is 10.5. The van der Waals surface area contributed by atoms with Gasteiger partial charge in [0.25, 0.3) is 0 Å². The highest BCUT2D eigenvalue weighted by atomic mass is 35.5. The van der Waals surface area contributed by atoms with Crippen molar-refractivity contribution >= 4 is 33.0 Å². The van der Waals surface area contributed by atoms with Gasteiger partial charge in [0, 0.05) is 5.38 Å². The van der Waals surface area contributed by atoms with E-state index in [9.17, 15) is 8.42 Å². The summed E-state index contributed by atoms with van der Waals surface area (Å²) in [5.74, 6) is 0. The molecule has 0 amide bonds. The molecule has 0 saturated carbocycles. The Morgan fingerprint density at radius 1 is 1.29 bits per heavy atom. The van der Waals surface area contributed by atoms with Crippen molar-refractivity contribution in [3.63, 3.8) is 0 Å². The summed E-state index contributed by atoms with van der Waals surface area (Å²) in [5.41, 5.74) is 2.29. The fourth-order valence-corrected chi connectivity index (χ4v) is 2.56. The van der Waals surface area contributed by atoms with E-state index in [-0.39, 0.29) is 16.7 Å². The third-order valence-corrected chi connectivity index (χ3v) is 4.02. The number of aromatic nitrogens is 3. The van der Waals surface area contributed by atoms with E-state index in [1.54, 1.807) is 10.9 Å². The number of sulfonamides is 1. The van der Waals surface area contributed by atoms with Gasteiger partial charge in [-0.15, -0.1) is 11.3 Å². The topological polar surface area (TPSA) is 84.8 Å². The smallest absolute Gasteiger partial charge is 0.243 e. The SMILES string of the molecule is O=S(=O)(NCc1cscn1)c1cnc(Cl)nc1. The van der Waals surface area contributed by atoms with E-state index in [2.05, 4.69) is 19.7 Å². The van der Waals surface area contributed by atoms with Crippen LogP contribution in [0.3, 0.4) is 0 Å². The molecule has 90 valence electrons. The molecule has 0 bridgehead atoms. The lowest BCUT2D eigenvalue weighted by Gasteiger charge is -2.04. The standard InChI is InChI=1S/C8H7ClN4O2S2/c9-8-10-2-7(3-11-8)17(14,15)13-1-6-4-16-5-12-6/h2-5,13H,1H2. The highest BCUT2D eigenvalue weighted by molar-refractivity contribution is 7.89. The van der Waals surface area contributed by atoms with Crippen molar-refractivity contribution in [1.82, 2.24) is 19.7 Å². The molecule has 0 aliphatic heterocycles. The van der Waals surface area contributed by atoms with Crippen molar-refractivity contribution in [2.24, 2.45) is 0 Å². The lowest BCUT2D eigenvalue weighted by Crippen LogP contribution is -2.23. The summed E-state index contributed by atoms with van der Waals surface area (Å²) in [6, 6.07) is 0. The molecule has 0 aromatic carbocycles. The minimum Gasteiger partial charge on any atom is -0.248 e. The van der Waals surface area contributed by atoms with E-state index in [1.807, 2.05) is 0 Å². The Kier molecular flexibility index (Phi) is 3.67. The number of hydrogen-bond donors (Lipinski definition) is 1. The monoisotopic (exact) mass is 290 g/mol. The Labute approximate surface area is 107 Å². The predicted molar refractivity (Wildman–Crippen MR) is 63.2 cm³/mol. The van der Waals surface area contributed by atoms with Crippen LogP contribution < -0.4 is 4.72 Å². The Bertz CT molecular complexity index is 582. The molecule has 1 N–H and O–H groups in total. The fourth-order valence-electron chi connectivity index (χ4n) is 1.02. The summed E-state index contributed by atoms with van der Waals surface area (Å²) < 4.78 is 26.0. The summed E-state index contributed by atoms with van der Waals surface area (Å²) in [6.45, 7) is 0.133. The molecule has 2 aromatic rings. The second-order valence-electron chi connectivity index (χ2n) is 2.99. The average molecular weight is 291 g/mol.